The highest BCUT2D eigenvalue weighted by Crippen LogP contribution is 2.34. The molecule has 0 radical (unpaired) electrons. The van der Waals surface area contributed by atoms with Gasteiger partial charge in [-0.15, -0.1) is 10.2 Å². The van der Waals surface area contributed by atoms with Crippen LogP contribution in [0, 0.1) is 0 Å². The lowest BCUT2D eigenvalue weighted by atomic mass is 10.1. The van der Waals surface area contributed by atoms with E-state index in [2.05, 4.69) is 20.4 Å². The Morgan fingerprint density at radius 3 is 2.44 bits per heavy atom. The molecule has 3 aromatic rings. The number of carbonyl (C=O) groups excluding carboxylic acids is 1. The van der Waals surface area contributed by atoms with E-state index in [-0.39, 0.29) is 11.2 Å². The number of nitrogens with one attached hydrogen (secondary N) is 1. The summed E-state index contributed by atoms with van der Waals surface area (Å²) in [6.07, 6.45) is 3.49. The molecule has 9 heteroatoms. The van der Waals surface area contributed by atoms with Crippen LogP contribution < -0.4 is 19.9 Å². The molecule has 1 unspecified atom stereocenters. The zero-order chi connectivity index (χ0) is 24.1. The number of anilines is 3. The second kappa shape index (κ2) is 10.8. The third-order valence-electron chi connectivity index (χ3n) is 5.88. The van der Waals surface area contributed by atoms with Gasteiger partial charge in [0.25, 0.3) is 0 Å². The van der Waals surface area contributed by atoms with Crippen LogP contribution in [0.25, 0.3) is 5.69 Å². The third kappa shape index (κ3) is 5.30. The zero-order valence-electron chi connectivity index (χ0n) is 20.2. The standard InChI is InChI=1S/C25H32N6O2S/c1-18(23(32)26-19-12-14-20(15-13-19)29(2)3)34-25-28-27-24(30-16-8-5-9-17-30)31(25)21-10-6-7-11-22(21)33-4/h6-7,10-15,18H,5,8-9,16-17H2,1-4H3,(H,26,32). The molecule has 1 aromatic heterocycles. The van der Waals surface area contributed by atoms with Crippen LogP contribution in [0.2, 0.25) is 0 Å². The van der Waals surface area contributed by atoms with Crippen LogP contribution >= 0.6 is 11.8 Å². The highest BCUT2D eigenvalue weighted by Gasteiger charge is 2.26. The van der Waals surface area contributed by atoms with Crippen molar-refractivity contribution in [1.82, 2.24) is 14.8 Å². The SMILES string of the molecule is COc1ccccc1-n1c(SC(C)C(=O)Nc2ccc(N(C)C)cc2)nnc1N1CCCCC1. The monoisotopic (exact) mass is 480 g/mol. The molecule has 0 spiro atoms. The van der Waals surface area contributed by atoms with Crippen molar-refractivity contribution in [2.24, 2.45) is 0 Å². The maximum Gasteiger partial charge on any atom is 0.237 e. The number of methoxy groups -OCH3 is 1. The van der Waals surface area contributed by atoms with Crippen molar-refractivity contribution in [2.45, 2.75) is 36.6 Å². The fourth-order valence-corrected chi connectivity index (χ4v) is 4.82. The maximum absolute atomic E-state index is 13.0. The van der Waals surface area contributed by atoms with Crippen LogP contribution in [-0.4, -0.2) is 60.2 Å². The summed E-state index contributed by atoms with van der Waals surface area (Å²) in [4.78, 5) is 17.3. The van der Waals surface area contributed by atoms with Gasteiger partial charge in [-0.3, -0.25) is 9.36 Å². The molecule has 1 saturated heterocycles. The summed E-state index contributed by atoms with van der Waals surface area (Å²) >= 11 is 1.39. The minimum Gasteiger partial charge on any atom is -0.495 e. The van der Waals surface area contributed by atoms with Gasteiger partial charge in [0.15, 0.2) is 5.16 Å². The van der Waals surface area contributed by atoms with Gasteiger partial charge in [-0.25, -0.2) is 0 Å². The van der Waals surface area contributed by atoms with Crippen LogP contribution in [0.1, 0.15) is 26.2 Å². The van der Waals surface area contributed by atoms with Gasteiger partial charge in [-0.2, -0.15) is 0 Å². The fraction of sp³-hybridized carbons (Fsp3) is 0.400. The van der Waals surface area contributed by atoms with E-state index in [0.717, 1.165) is 54.7 Å². The van der Waals surface area contributed by atoms with Crippen LogP contribution in [0.5, 0.6) is 5.75 Å². The molecule has 2 aromatic carbocycles. The smallest absolute Gasteiger partial charge is 0.237 e. The Labute approximate surface area is 205 Å². The van der Waals surface area contributed by atoms with Crippen molar-refractivity contribution in [3.8, 4) is 11.4 Å². The Balaban J connectivity index is 1.58. The summed E-state index contributed by atoms with van der Waals surface area (Å²) in [6, 6.07) is 15.6. The Morgan fingerprint density at radius 2 is 1.76 bits per heavy atom. The average Bonchev–Trinajstić information content (AvgIpc) is 3.28. The molecule has 0 saturated carbocycles. The van der Waals surface area contributed by atoms with E-state index in [1.54, 1.807) is 7.11 Å². The first-order valence-electron chi connectivity index (χ1n) is 11.6. The number of amides is 1. The summed E-state index contributed by atoms with van der Waals surface area (Å²) in [6.45, 7) is 3.77. The predicted molar refractivity (Wildman–Crippen MR) is 139 cm³/mol. The third-order valence-corrected chi connectivity index (χ3v) is 6.93. The molecule has 0 aliphatic carbocycles. The highest BCUT2D eigenvalue weighted by atomic mass is 32.2. The predicted octanol–water partition coefficient (Wildman–Crippen LogP) is 4.45. The second-order valence-electron chi connectivity index (χ2n) is 8.53. The molecule has 4 rings (SSSR count). The first-order chi connectivity index (χ1) is 16.5. The highest BCUT2D eigenvalue weighted by molar-refractivity contribution is 8.00. The van der Waals surface area contributed by atoms with Crippen molar-refractivity contribution >= 4 is 35.0 Å². The van der Waals surface area contributed by atoms with E-state index in [0.29, 0.717) is 5.16 Å². The Bertz CT molecular complexity index is 1110. The van der Waals surface area contributed by atoms with Crippen LogP contribution in [0.15, 0.2) is 53.7 Å². The van der Waals surface area contributed by atoms with E-state index in [1.807, 2.05) is 79.0 Å². The molecular weight excluding hydrogens is 448 g/mol. The minimum absolute atomic E-state index is 0.0864. The topological polar surface area (TPSA) is 75.5 Å². The summed E-state index contributed by atoms with van der Waals surface area (Å²) in [7, 11) is 5.64. The van der Waals surface area contributed by atoms with E-state index in [1.165, 1.54) is 18.2 Å². The van der Waals surface area contributed by atoms with Crippen LogP contribution in [0.4, 0.5) is 17.3 Å². The van der Waals surface area contributed by atoms with Gasteiger partial charge in [0.1, 0.15) is 5.75 Å². The van der Waals surface area contributed by atoms with Gasteiger partial charge >= 0.3 is 0 Å². The summed E-state index contributed by atoms with van der Waals surface area (Å²) < 4.78 is 7.66. The Morgan fingerprint density at radius 1 is 1.06 bits per heavy atom. The molecule has 1 aliphatic heterocycles. The molecule has 34 heavy (non-hydrogen) atoms. The van der Waals surface area contributed by atoms with Crippen LogP contribution in [0.3, 0.4) is 0 Å². The summed E-state index contributed by atoms with van der Waals surface area (Å²) in [5, 5.41) is 12.3. The number of benzene rings is 2. The Hall–Kier alpha value is -3.20. The number of ether oxygens (including phenoxy) is 1. The number of piperidine rings is 1. The average molecular weight is 481 g/mol. The molecule has 1 fully saturated rings. The second-order valence-corrected chi connectivity index (χ2v) is 9.84. The number of hydrogen-bond acceptors (Lipinski definition) is 7. The minimum atomic E-state index is -0.375. The van der Waals surface area contributed by atoms with E-state index < -0.39 is 0 Å². The van der Waals surface area contributed by atoms with E-state index in [4.69, 9.17) is 4.74 Å². The van der Waals surface area contributed by atoms with Crippen molar-refractivity contribution in [1.29, 1.82) is 0 Å². The molecule has 1 atom stereocenters. The largest absolute Gasteiger partial charge is 0.495 e. The number of para-hydroxylation sites is 2. The van der Waals surface area contributed by atoms with Crippen molar-refractivity contribution < 1.29 is 9.53 Å². The van der Waals surface area contributed by atoms with E-state index >= 15 is 0 Å². The normalized spacial score (nSPS) is 14.5. The van der Waals surface area contributed by atoms with Gasteiger partial charge in [-0.1, -0.05) is 23.9 Å². The lowest BCUT2D eigenvalue weighted by Gasteiger charge is -2.28. The molecule has 0 bridgehead atoms. The lowest BCUT2D eigenvalue weighted by Crippen LogP contribution is -2.32. The Kier molecular flexibility index (Phi) is 7.62. The number of rotatable bonds is 8. The van der Waals surface area contributed by atoms with Crippen molar-refractivity contribution in [3.05, 3.63) is 48.5 Å². The van der Waals surface area contributed by atoms with Gasteiger partial charge in [0.2, 0.25) is 11.9 Å². The number of carbonyl (C=O) groups is 1. The van der Waals surface area contributed by atoms with Gasteiger partial charge < -0.3 is 19.9 Å². The van der Waals surface area contributed by atoms with Crippen molar-refractivity contribution in [2.75, 3.05) is 49.4 Å². The van der Waals surface area contributed by atoms with E-state index in [9.17, 15) is 4.79 Å². The number of aromatic nitrogens is 3. The van der Waals surface area contributed by atoms with Gasteiger partial charge in [-0.05, 0) is 62.6 Å². The lowest BCUT2D eigenvalue weighted by molar-refractivity contribution is -0.115. The first kappa shape index (κ1) is 23.9. The molecule has 8 nitrogen and oxygen atoms in total. The molecule has 180 valence electrons. The molecule has 1 N–H and O–H groups in total. The van der Waals surface area contributed by atoms with Gasteiger partial charge in [0, 0.05) is 38.6 Å². The summed E-state index contributed by atoms with van der Waals surface area (Å²) in [5.74, 6) is 1.44. The fourth-order valence-electron chi connectivity index (χ4n) is 3.96. The molecule has 1 aliphatic rings. The molecular formula is C25H32N6O2S. The first-order valence-corrected chi connectivity index (χ1v) is 12.4. The maximum atomic E-state index is 13.0. The van der Waals surface area contributed by atoms with Crippen molar-refractivity contribution in [3.63, 3.8) is 0 Å². The number of hydrogen-bond donors (Lipinski definition) is 1. The van der Waals surface area contributed by atoms with Crippen LogP contribution in [-0.2, 0) is 4.79 Å². The summed E-state index contributed by atoms with van der Waals surface area (Å²) in [5.41, 5.74) is 2.71. The molecule has 2 heterocycles. The zero-order valence-corrected chi connectivity index (χ0v) is 21.0. The molecule has 1 amide bonds. The number of thioether (sulfide) groups is 1. The number of nitrogens with zero attached hydrogens (tertiary/aromatic N) is 5. The van der Waals surface area contributed by atoms with Gasteiger partial charge in [0.05, 0.1) is 18.0 Å². The quantitative estimate of drug-likeness (QED) is 0.477.